The first-order valence-electron chi connectivity index (χ1n) is 19.5. The van der Waals surface area contributed by atoms with Gasteiger partial charge in [0.1, 0.15) is 0 Å². The van der Waals surface area contributed by atoms with Gasteiger partial charge < -0.3 is 4.57 Å². The molecule has 0 fully saturated rings. The number of para-hydroxylation sites is 2. The van der Waals surface area contributed by atoms with Crippen LogP contribution in [0.2, 0.25) is 0 Å². The van der Waals surface area contributed by atoms with Crippen LogP contribution in [-0.4, -0.2) is 16.1 Å². The molecule has 3 unspecified atom stereocenters. The van der Waals surface area contributed by atoms with Gasteiger partial charge >= 0.3 is 0 Å². The summed E-state index contributed by atoms with van der Waals surface area (Å²) < 4.78 is 2.49. The largest absolute Gasteiger partial charge is 0.309 e. The predicted molar refractivity (Wildman–Crippen MR) is 243 cm³/mol. The van der Waals surface area contributed by atoms with Crippen LogP contribution in [0.15, 0.2) is 199 Å². The van der Waals surface area contributed by atoms with E-state index in [1.54, 1.807) is 0 Å². The summed E-state index contributed by atoms with van der Waals surface area (Å²) >= 11 is 0. The molecule has 11 rings (SSSR count). The van der Waals surface area contributed by atoms with Gasteiger partial charge in [0, 0.05) is 21.6 Å². The first-order valence-corrected chi connectivity index (χ1v) is 20.6. The Balaban J connectivity index is 0.909. The topological polar surface area (TPSA) is 17.3 Å². The number of aromatic nitrogens is 1. The third kappa shape index (κ3) is 5.40. The Labute approximate surface area is 328 Å². The van der Waals surface area contributed by atoms with Crippen LogP contribution in [-0.2, 0) is 0 Å². The van der Waals surface area contributed by atoms with Gasteiger partial charge in [0.2, 0.25) is 0 Å². The number of allylic oxidation sites excluding steroid dienone is 4. The Kier molecular flexibility index (Phi) is 7.76. The van der Waals surface area contributed by atoms with Crippen molar-refractivity contribution in [1.29, 1.82) is 0 Å². The molecule has 0 N–H and O–H groups in total. The van der Waals surface area contributed by atoms with E-state index in [4.69, 9.17) is 4.99 Å². The minimum atomic E-state index is -0.127. The van der Waals surface area contributed by atoms with E-state index in [0.29, 0.717) is 8.58 Å². The molecule has 1 aromatic heterocycles. The average Bonchev–Trinajstić information content (AvgIpc) is 3.61. The highest BCUT2D eigenvalue weighted by molar-refractivity contribution is 7.51. The number of hydrogen-bond acceptors (Lipinski definition) is 1. The molecule has 0 saturated carbocycles. The summed E-state index contributed by atoms with van der Waals surface area (Å²) in [6.45, 7) is 2.39. The first-order chi connectivity index (χ1) is 27.6. The van der Waals surface area contributed by atoms with Crippen LogP contribution in [0.5, 0.6) is 0 Å². The van der Waals surface area contributed by atoms with E-state index in [2.05, 4.69) is 206 Å². The van der Waals surface area contributed by atoms with E-state index < -0.39 is 0 Å². The molecule has 0 amide bonds. The Hall–Kier alpha value is -6.34. The zero-order chi connectivity index (χ0) is 37.2. The molecule has 3 heteroatoms. The van der Waals surface area contributed by atoms with E-state index >= 15 is 0 Å². The van der Waals surface area contributed by atoms with Gasteiger partial charge in [0.15, 0.2) is 0 Å². The van der Waals surface area contributed by atoms with Gasteiger partial charge in [-0.3, -0.25) is 4.99 Å². The number of fused-ring (bicyclic) bond motifs is 9. The molecular weight excluding hydrogens is 696 g/mol. The molecule has 8 aromatic carbocycles. The maximum absolute atomic E-state index is 5.53. The van der Waals surface area contributed by atoms with Crippen molar-refractivity contribution >= 4 is 79.4 Å². The lowest BCUT2D eigenvalue weighted by Crippen LogP contribution is -2.29. The second-order valence-electron chi connectivity index (χ2n) is 15.5. The highest BCUT2D eigenvalue weighted by atomic mass is 31.1. The van der Waals surface area contributed by atoms with E-state index in [-0.39, 0.29) is 11.2 Å². The van der Waals surface area contributed by atoms with Crippen LogP contribution in [0, 0.1) is 5.41 Å². The van der Waals surface area contributed by atoms with E-state index in [9.17, 15) is 0 Å². The highest BCUT2D eigenvalue weighted by Gasteiger charge is 2.36. The normalized spacial score (nSPS) is 18.9. The zero-order valence-corrected chi connectivity index (χ0v) is 32.2. The lowest BCUT2D eigenvalue weighted by molar-refractivity contribution is 0.417. The van der Waals surface area contributed by atoms with Crippen molar-refractivity contribution in [2.75, 3.05) is 0 Å². The van der Waals surface area contributed by atoms with Crippen molar-refractivity contribution in [1.82, 2.24) is 4.57 Å². The van der Waals surface area contributed by atoms with Crippen molar-refractivity contribution in [2.45, 2.75) is 19.1 Å². The van der Waals surface area contributed by atoms with E-state index in [1.807, 2.05) is 0 Å². The average molecular weight is 735 g/mol. The molecule has 1 aliphatic carbocycles. The van der Waals surface area contributed by atoms with Crippen molar-refractivity contribution in [3.8, 4) is 11.1 Å². The summed E-state index contributed by atoms with van der Waals surface area (Å²) in [6, 6.07) is 62.0. The number of hydrogen-bond donors (Lipinski definition) is 0. The van der Waals surface area contributed by atoms with Crippen molar-refractivity contribution in [3.05, 3.63) is 205 Å². The SMILES string of the molecule is CC1(C2N=C(c3ccccc3)C=C(n3c4ccccc4c4ccccc43)P2)C=CC(c2ccc(-c3ccc4c5ccccc5c5ccccc5c4c3)cc2)=CC1. The standard InChI is InChI=1S/C53H39N2P/c1-53(52-54-48(38-13-3-2-4-14-38)34-51(56-52)55-49-21-11-9-19-45(49)46-20-10-12-22-50(46)55)31-29-37(30-32-53)35-23-25-36(26-24-35)39-27-28-44-42-17-6-5-15-40(42)41-16-7-8-18-43(41)47(44)33-39/h2-31,33-34,52,56H,32H2,1H3. The molecule has 2 aliphatic rings. The fourth-order valence-electron chi connectivity index (χ4n) is 9.02. The monoisotopic (exact) mass is 734 g/mol. The highest BCUT2D eigenvalue weighted by Crippen LogP contribution is 2.52. The van der Waals surface area contributed by atoms with Crippen LogP contribution in [0.4, 0.5) is 0 Å². The molecule has 0 radical (unpaired) electrons. The second kappa shape index (κ2) is 13.2. The quantitative estimate of drug-likeness (QED) is 0.124. The molecule has 1 aliphatic heterocycles. The number of nitrogens with zero attached hydrogens (tertiary/aromatic N) is 2. The van der Waals surface area contributed by atoms with E-state index in [1.165, 1.54) is 81.8 Å². The van der Waals surface area contributed by atoms with Gasteiger partial charge in [-0.25, -0.2) is 0 Å². The van der Waals surface area contributed by atoms with Gasteiger partial charge in [-0.1, -0.05) is 177 Å². The van der Waals surface area contributed by atoms with Crippen LogP contribution < -0.4 is 0 Å². The van der Waals surface area contributed by atoms with Gasteiger partial charge in [-0.2, -0.15) is 0 Å². The number of benzene rings is 8. The zero-order valence-electron chi connectivity index (χ0n) is 31.2. The molecule has 0 bridgehead atoms. The van der Waals surface area contributed by atoms with Crippen LogP contribution in [0.1, 0.15) is 24.5 Å². The number of rotatable bonds is 5. The van der Waals surface area contributed by atoms with Crippen molar-refractivity contribution < 1.29 is 0 Å². The first kappa shape index (κ1) is 33.0. The molecule has 56 heavy (non-hydrogen) atoms. The Morgan fingerprint density at radius 3 is 1.64 bits per heavy atom. The maximum atomic E-state index is 5.53. The van der Waals surface area contributed by atoms with E-state index in [0.717, 1.165) is 17.7 Å². The number of aliphatic imine (C=N–C) groups is 1. The summed E-state index contributed by atoms with van der Waals surface area (Å²) in [6.07, 6.45) is 10.5. The van der Waals surface area contributed by atoms with Gasteiger partial charge in [-0.15, -0.1) is 0 Å². The van der Waals surface area contributed by atoms with Crippen LogP contribution in [0.25, 0.3) is 76.3 Å². The van der Waals surface area contributed by atoms with Gasteiger partial charge in [-0.05, 0) is 99.4 Å². The minimum absolute atomic E-state index is 0.107. The van der Waals surface area contributed by atoms with Crippen LogP contribution >= 0.6 is 8.58 Å². The van der Waals surface area contributed by atoms with Crippen molar-refractivity contribution in [3.63, 3.8) is 0 Å². The predicted octanol–water partition coefficient (Wildman–Crippen LogP) is 14.3. The molecule has 2 nitrogen and oxygen atoms in total. The van der Waals surface area contributed by atoms with Gasteiger partial charge in [0.25, 0.3) is 0 Å². The lowest BCUT2D eigenvalue weighted by Gasteiger charge is -2.37. The third-order valence-corrected chi connectivity index (χ3v) is 13.8. The smallest absolute Gasteiger partial charge is 0.0818 e. The maximum Gasteiger partial charge on any atom is 0.0818 e. The Morgan fingerprint density at radius 1 is 0.518 bits per heavy atom. The molecule has 9 aromatic rings. The van der Waals surface area contributed by atoms with Crippen molar-refractivity contribution in [2.24, 2.45) is 10.4 Å². The molecule has 0 spiro atoms. The summed E-state index contributed by atoms with van der Waals surface area (Å²) in [7, 11) is 0.515. The minimum Gasteiger partial charge on any atom is -0.309 e. The Morgan fingerprint density at radius 2 is 1.04 bits per heavy atom. The molecular formula is C53H39N2P. The molecule has 2 heterocycles. The second-order valence-corrected chi connectivity index (χ2v) is 16.8. The third-order valence-electron chi connectivity index (χ3n) is 12.0. The molecule has 3 atom stereocenters. The van der Waals surface area contributed by atoms with Gasteiger partial charge in [0.05, 0.1) is 22.5 Å². The van der Waals surface area contributed by atoms with Crippen LogP contribution in [0.3, 0.4) is 0 Å². The summed E-state index contributed by atoms with van der Waals surface area (Å²) in [4.78, 5) is 5.53. The fraction of sp³-hybridized carbons (Fsp3) is 0.0755. The fourth-order valence-corrected chi connectivity index (χ4v) is 10.6. The Bertz CT molecular complexity index is 3060. The molecule has 266 valence electrons. The summed E-state index contributed by atoms with van der Waals surface area (Å²) in [5.74, 6) is 0.107. The lowest BCUT2D eigenvalue weighted by atomic mass is 9.80. The molecule has 0 saturated heterocycles. The summed E-state index contributed by atoms with van der Waals surface area (Å²) in [5.41, 5.74) is 10.9. The summed E-state index contributed by atoms with van der Waals surface area (Å²) in [5, 5.41) is 10.4.